The van der Waals surface area contributed by atoms with Crippen molar-refractivity contribution in [2.24, 2.45) is 0 Å². The molecule has 0 bridgehead atoms. The molecule has 0 unspecified atom stereocenters. The Morgan fingerprint density at radius 3 is 2.69 bits per heavy atom. The molecule has 0 radical (unpaired) electrons. The first-order valence-corrected chi connectivity index (χ1v) is 12.3. The number of rotatable bonds is 4. The summed E-state index contributed by atoms with van der Waals surface area (Å²) in [6.07, 6.45) is 3.85. The third-order valence-corrected chi connectivity index (χ3v) is 7.81. The van der Waals surface area contributed by atoms with Crippen molar-refractivity contribution in [2.75, 3.05) is 5.75 Å². The Bertz CT molecular complexity index is 1330. The molecule has 0 saturated carbocycles. The zero-order valence-electron chi connectivity index (χ0n) is 16.8. The molecule has 1 aliphatic carbocycles. The largest absolute Gasteiger partial charge is 0.286 e. The average Bonchev–Trinajstić information content (AvgIpc) is 3.32. The normalized spacial score (nSPS) is 15.8. The summed E-state index contributed by atoms with van der Waals surface area (Å²) in [7, 11) is 0. The number of nitrogens with one attached hydrogen (secondary N) is 2. The molecule has 8 nitrogen and oxygen atoms in total. The molecule has 2 amide bonds. The highest BCUT2D eigenvalue weighted by Crippen LogP contribution is 2.35. The van der Waals surface area contributed by atoms with E-state index in [0.29, 0.717) is 26.1 Å². The van der Waals surface area contributed by atoms with Crippen LogP contribution in [0.5, 0.6) is 0 Å². The van der Waals surface area contributed by atoms with E-state index in [-0.39, 0.29) is 23.6 Å². The third kappa shape index (κ3) is 3.72. The van der Waals surface area contributed by atoms with Crippen molar-refractivity contribution in [1.29, 1.82) is 5.41 Å². The van der Waals surface area contributed by atoms with Crippen LogP contribution in [0.4, 0.5) is 0 Å². The molecule has 2 aliphatic rings. The van der Waals surface area contributed by atoms with Gasteiger partial charge in [0.1, 0.15) is 10.7 Å². The van der Waals surface area contributed by atoms with E-state index in [1.54, 1.807) is 35.6 Å². The fourth-order valence-corrected chi connectivity index (χ4v) is 6.26. The monoisotopic (exact) mass is 487 g/mol. The van der Waals surface area contributed by atoms with Gasteiger partial charge in [0, 0.05) is 9.90 Å². The topological polar surface area (TPSA) is 108 Å². The van der Waals surface area contributed by atoms with Gasteiger partial charge in [-0.15, -0.1) is 11.3 Å². The number of halogens is 1. The molecule has 11 heteroatoms. The van der Waals surface area contributed by atoms with E-state index in [4.69, 9.17) is 22.0 Å². The Morgan fingerprint density at radius 2 is 1.97 bits per heavy atom. The zero-order valence-corrected chi connectivity index (χ0v) is 19.2. The summed E-state index contributed by atoms with van der Waals surface area (Å²) in [6, 6.07) is 6.91. The Hall–Kier alpha value is -2.69. The molecule has 2 aromatic heterocycles. The van der Waals surface area contributed by atoms with Crippen molar-refractivity contribution in [2.45, 2.75) is 37.3 Å². The van der Waals surface area contributed by atoms with Gasteiger partial charge in [-0.1, -0.05) is 23.4 Å². The van der Waals surface area contributed by atoms with Crippen molar-refractivity contribution in [1.82, 2.24) is 20.0 Å². The number of nitrogens with zero attached hydrogens (tertiary/aromatic N) is 3. The number of hydrazine groups is 1. The lowest BCUT2D eigenvalue weighted by molar-refractivity contribution is -0.131. The van der Waals surface area contributed by atoms with E-state index in [2.05, 4.69) is 5.43 Å². The zero-order chi connectivity index (χ0) is 22.4. The molecule has 2 N–H and O–H groups in total. The number of amides is 2. The lowest BCUT2D eigenvalue weighted by Crippen LogP contribution is -2.42. The highest BCUT2D eigenvalue weighted by Gasteiger charge is 2.30. The number of aryl methyl sites for hydroxylation is 2. The van der Waals surface area contributed by atoms with Gasteiger partial charge in [0.15, 0.2) is 5.16 Å². The molecule has 0 atom stereocenters. The van der Waals surface area contributed by atoms with Gasteiger partial charge in [-0.3, -0.25) is 29.8 Å². The summed E-state index contributed by atoms with van der Waals surface area (Å²) >= 11 is 8.70. The number of fused-ring (bicyclic) bond motifs is 3. The number of hydrogen-bond acceptors (Lipinski definition) is 7. The molecular weight excluding hydrogens is 470 g/mol. The number of thioether (sulfide) groups is 1. The number of aromatic nitrogens is 2. The van der Waals surface area contributed by atoms with Crippen LogP contribution in [0.1, 0.15) is 29.7 Å². The maximum absolute atomic E-state index is 13.7. The summed E-state index contributed by atoms with van der Waals surface area (Å²) in [5.41, 5.74) is 3.92. The van der Waals surface area contributed by atoms with Gasteiger partial charge < -0.3 is 0 Å². The van der Waals surface area contributed by atoms with E-state index >= 15 is 0 Å². The highest BCUT2D eigenvalue weighted by molar-refractivity contribution is 7.99. The maximum Gasteiger partial charge on any atom is 0.267 e. The average molecular weight is 488 g/mol. The van der Waals surface area contributed by atoms with E-state index in [1.807, 2.05) is 0 Å². The van der Waals surface area contributed by atoms with Crippen molar-refractivity contribution in [3.63, 3.8) is 0 Å². The van der Waals surface area contributed by atoms with Crippen LogP contribution < -0.4 is 11.0 Å². The molecule has 3 aromatic rings. The van der Waals surface area contributed by atoms with Crippen LogP contribution in [0.3, 0.4) is 0 Å². The van der Waals surface area contributed by atoms with Crippen LogP contribution in [0.15, 0.2) is 34.2 Å². The minimum atomic E-state index is -0.451. The van der Waals surface area contributed by atoms with Crippen LogP contribution in [-0.4, -0.2) is 38.0 Å². The van der Waals surface area contributed by atoms with Crippen LogP contribution >= 0.6 is 34.7 Å². The number of benzene rings is 1. The first-order valence-electron chi connectivity index (χ1n) is 10.1. The number of hydrogen-bond donors (Lipinski definition) is 2. The lowest BCUT2D eigenvalue weighted by Gasteiger charge is -2.16. The predicted octanol–water partition coefficient (Wildman–Crippen LogP) is 3.31. The smallest absolute Gasteiger partial charge is 0.267 e. The van der Waals surface area contributed by atoms with Crippen molar-refractivity contribution >= 4 is 62.6 Å². The Balaban J connectivity index is 1.57. The van der Waals surface area contributed by atoms with Crippen molar-refractivity contribution < 1.29 is 9.59 Å². The summed E-state index contributed by atoms with van der Waals surface area (Å²) in [6.45, 7) is 0. The predicted molar refractivity (Wildman–Crippen MR) is 125 cm³/mol. The molecule has 5 rings (SSSR count). The van der Waals surface area contributed by atoms with Gasteiger partial charge >= 0.3 is 0 Å². The summed E-state index contributed by atoms with van der Waals surface area (Å²) in [5.74, 6) is -1.02. The Kier molecular flexibility index (Phi) is 5.52. The Morgan fingerprint density at radius 1 is 1.22 bits per heavy atom. The van der Waals surface area contributed by atoms with Crippen LogP contribution in [0, 0.1) is 5.41 Å². The van der Waals surface area contributed by atoms with Crippen LogP contribution in [0.25, 0.3) is 15.9 Å². The maximum atomic E-state index is 13.7. The molecule has 1 fully saturated rings. The first kappa shape index (κ1) is 21.2. The number of carbonyl (C=O) groups excluding carboxylic acids is 2. The standard InChI is InChI=1S/C21H18ClN5O3S2/c22-11-5-7-12(8-6-11)26-20(30)18-13-3-1-2-4-14(13)32-19(18)24-21(26)31-10-17(29)27-15(23)9-16(28)25-27/h5-8,23H,1-4,9-10H2,(H,25,28). The first-order chi connectivity index (χ1) is 15.4. The molecule has 0 spiro atoms. The summed E-state index contributed by atoms with van der Waals surface area (Å²) < 4.78 is 1.52. The van der Waals surface area contributed by atoms with Crippen molar-refractivity contribution in [3.05, 3.63) is 50.1 Å². The van der Waals surface area contributed by atoms with Gasteiger partial charge in [-0.05, 0) is 55.5 Å². The summed E-state index contributed by atoms with van der Waals surface area (Å²) in [4.78, 5) is 44.4. The fraction of sp³-hybridized carbons (Fsp3) is 0.286. The van der Waals surface area contributed by atoms with Gasteiger partial charge in [-0.2, -0.15) is 0 Å². The quantitative estimate of drug-likeness (QED) is 0.433. The fourth-order valence-electron chi connectivity index (χ4n) is 3.97. The van der Waals surface area contributed by atoms with Crippen LogP contribution in [-0.2, 0) is 22.4 Å². The minimum absolute atomic E-state index is 0.0840. The van der Waals surface area contributed by atoms with E-state index in [0.717, 1.165) is 48.0 Å². The second-order valence-corrected chi connectivity index (χ2v) is 10.0. The SMILES string of the molecule is N=C1CC(=O)NN1C(=O)CSc1nc2sc3c(c2c(=O)n1-c1ccc(Cl)cc1)CCCC3. The van der Waals surface area contributed by atoms with Crippen LogP contribution in [0.2, 0.25) is 5.02 Å². The minimum Gasteiger partial charge on any atom is -0.286 e. The second kappa shape index (κ2) is 8.34. The third-order valence-electron chi connectivity index (χ3n) is 5.45. The van der Waals surface area contributed by atoms with E-state index in [1.165, 1.54) is 9.44 Å². The second-order valence-electron chi connectivity index (χ2n) is 7.58. The number of amidine groups is 1. The molecular formula is C21H18ClN5O3S2. The van der Waals surface area contributed by atoms with Gasteiger partial charge in [0.25, 0.3) is 11.5 Å². The molecule has 164 valence electrons. The molecule has 1 aliphatic heterocycles. The van der Waals surface area contributed by atoms with Gasteiger partial charge in [0.2, 0.25) is 5.91 Å². The lowest BCUT2D eigenvalue weighted by atomic mass is 9.97. The Labute approximate surface area is 196 Å². The molecule has 1 saturated heterocycles. The highest BCUT2D eigenvalue weighted by atomic mass is 35.5. The van der Waals surface area contributed by atoms with Gasteiger partial charge in [0.05, 0.1) is 23.2 Å². The molecule has 3 heterocycles. The van der Waals surface area contributed by atoms with Crippen molar-refractivity contribution in [3.8, 4) is 5.69 Å². The van der Waals surface area contributed by atoms with Gasteiger partial charge in [-0.25, -0.2) is 9.99 Å². The number of thiophene rings is 1. The van der Waals surface area contributed by atoms with E-state index < -0.39 is 11.8 Å². The van der Waals surface area contributed by atoms with E-state index in [9.17, 15) is 14.4 Å². The molecule has 1 aromatic carbocycles. The number of carbonyl (C=O) groups is 2. The summed E-state index contributed by atoms with van der Waals surface area (Å²) in [5, 5.41) is 10.3. The molecule has 32 heavy (non-hydrogen) atoms.